The van der Waals surface area contributed by atoms with Crippen LogP contribution in [0.5, 0.6) is 0 Å². The number of anilines is 1. The first-order valence-electron chi connectivity index (χ1n) is 11.3. The van der Waals surface area contributed by atoms with Crippen molar-refractivity contribution in [3.8, 4) is 21.1 Å². The lowest BCUT2D eigenvalue weighted by Crippen LogP contribution is -2.30. The van der Waals surface area contributed by atoms with Gasteiger partial charge in [-0.15, -0.1) is 22.7 Å². The average Bonchev–Trinajstić information content (AvgIpc) is 3.54. The molecule has 4 heterocycles. The summed E-state index contributed by atoms with van der Waals surface area (Å²) in [6.45, 7) is 2.63. The van der Waals surface area contributed by atoms with Gasteiger partial charge in [0.2, 0.25) is 5.91 Å². The standard InChI is InChI=1S/C26H26N4OS2/c31-24(28-18-19-11-12-23(27-17-19)30-13-5-2-6-14-30)16-22-25(21-10-7-15-32-21)29-26(33-22)20-8-3-1-4-9-20/h1,3-4,7-12,15,17H,2,5-6,13-14,16,18H2,(H,28,31). The van der Waals surface area contributed by atoms with E-state index >= 15 is 0 Å². The van der Waals surface area contributed by atoms with Crippen LogP contribution in [0.15, 0.2) is 66.2 Å². The summed E-state index contributed by atoms with van der Waals surface area (Å²) in [6, 6.07) is 18.3. The molecule has 0 saturated carbocycles. The van der Waals surface area contributed by atoms with Crippen molar-refractivity contribution in [2.75, 3.05) is 18.0 Å². The Labute approximate surface area is 202 Å². The molecule has 0 aliphatic carbocycles. The third-order valence-corrected chi connectivity index (χ3v) is 7.75. The third kappa shape index (κ3) is 5.31. The van der Waals surface area contributed by atoms with Gasteiger partial charge in [0.25, 0.3) is 0 Å². The Bertz CT molecular complexity index is 1180. The Morgan fingerprint density at radius 3 is 2.58 bits per heavy atom. The first-order chi connectivity index (χ1) is 16.3. The molecule has 1 N–H and O–H groups in total. The number of pyridine rings is 1. The van der Waals surface area contributed by atoms with E-state index in [9.17, 15) is 4.79 Å². The smallest absolute Gasteiger partial charge is 0.225 e. The van der Waals surface area contributed by atoms with Crippen molar-refractivity contribution in [1.29, 1.82) is 0 Å². The molecule has 5 rings (SSSR count). The van der Waals surface area contributed by atoms with E-state index in [0.717, 1.165) is 50.5 Å². The van der Waals surface area contributed by atoms with E-state index in [-0.39, 0.29) is 5.91 Å². The van der Waals surface area contributed by atoms with Crippen molar-refractivity contribution in [3.63, 3.8) is 0 Å². The quantitative estimate of drug-likeness (QED) is 0.369. The highest BCUT2D eigenvalue weighted by Gasteiger charge is 2.18. The van der Waals surface area contributed by atoms with Crippen LogP contribution in [0.25, 0.3) is 21.1 Å². The molecule has 1 fully saturated rings. The number of hydrogen-bond donors (Lipinski definition) is 1. The lowest BCUT2D eigenvalue weighted by molar-refractivity contribution is -0.120. The maximum Gasteiger partial charge on any atom is 0.225 e. The van der Waals surface area contributed by atoms with Crippen LogP contribution >= 0.6 is 22.7 Å². The number of nitrogens with one attached hydrogen (secondary N) is 1. The van der Waals surface area contributed by atoms with Gasteiger partial charge in [0.05, 0.1) is 17.0 Å². The molecule has 0 atom stereocenters. The molecule has 0 radical (unpaired) electrons. The SMILES string of the molecule is O=C(Cc1sc(-c2ccccc2)nc1-c1cccs1)NCc1ccc(N2CCCCC2)nc1. The zero-order valence-electron chi connectivity index (χ0n) is 18.4. The summed E-state index contributed by atoms with van der Waals surface area (Å²) in [5, 5.41) is 6.04. The summed E-state index contributed by atoms with van der Waals surface area (Å²) >= 11 is 3.24. The number of piperidine rings is 1. The number of carbonyl (C=O) groups is 1. The Morgan fingerprint density at radius 2 is 1.85 bits per heavy atom. The van der Waals surface area contributed by atoms with Crippen molar-refractivity contribution >= 4 is 34.4 Å². The van der Waals surface area contributed by atoms with Crippen molar-refractivity contribution in [1.82, 2.24) is 15.3 Å². The summed E-state index contributed by atoms with van der Waals surface area (Å²) in [4.78, 5) is 26.7. The summed E-state index contributed by atoms with van der Waals surface area (Å²) in [7, 11) is 0. The molecule has 1 aromatic carbocycles. The maximum atomic E-state index is 12.8. The number of rotatable bonds is 7. The molecule has 1 aliphatic rings. The summed E-state index contributed by atoms with van der Waals surface area (Å²) in [5.41, 5.74) is 3.00. The van der Waals surface area contributed by atoms with Crippen LogP contribution in [0, 0.1) is 0 Å². The molecule has 5 nitrogen and oxygen atoms in total. The van der Waals surface area contributed by atoms with Crippen molar-refractivity contribution < 1.29 is 4.79 Å². The highest BCUT2D eigenvalue weighted by molar-refractivity contribution is 7.17. The van der Waals surface area contributed by atoms with Crippen molar-refractivity contribution in [2.45, 2.75) is 32.2 Å². The molecule has 1 amide bonds. The molecule has 7 heteroatoms. The average molecular weight is 475 g/mol. The van der Waals surface area contributed by atoms with E-state index in [1.165, 1.54) is 19.3 Å². The highest BCUT2D eigenvalue weighted by atomic mass is 32.1. The fraction of sp³-hybridized carbons (Fsp3) is 0.269. The number of thiophene rings is 1. The molecule has 0 bridgehead atoms. The first-order valence-corrected chi connectivity index (χ1v) is 13.0. The van der Waals surface area contributed by atoms with E-state index in [4.69, 9.17) is 4.98 Å². The van der Waals surface area contributed by atoms with E-state index in [1.807, 2.05) is 35.8 Å². The Morgan fingerprint density at radius 1 is 1.00 bits per heavy atom. The molecule has 1 saturated heterocycles. The summed E-state index contributed by atoms with van der Waals surface area (Å²) < 4.78 is 0. The highest BCUT2D eigenvalue weighted by Crippen LogP contribution is 2.36. The van der Waals surface area contributed by atoms with Crippen LogP contribution in [0.3, 0.4) is 0 Å². The molecule has 3 aromatic heterocycles. The van der Waals surface area contributed by atoms with Gasteiger partial charge >= 0.3 is 0 Å². The van der Waals surface area contributed by atoms with E-state index in [1.54, 1.807) is 22.7 Å². The number of hydrogen-bond acceptors (Lipinski definition) is 6. The summed E-state index contributed by atoms with van der Waals surface area (Å²) in [5.74, 6) is 1.03. The van der Waals surface area contributed by atoms with Gasteiger partial charge < -0.3 is 10.2 Å². The van der Waals surface area contributed by atoms with Crippen LogP contribution in [-0.4, -0.2) is 29.0 Å². The Kier molecular flexibility index (Phi) is 6.79. The Balaban J connectivity index is 1.25. The molecule has 0 spiro atoms. The second-order valence-electron chi connectivity index (χ2n) is 8.16. The predicted octanol–water partition coefficient (Wildman–Crippen LogP) is 5.78. The minimum Gasteiger partial charge on any atom is -0.357 e. The van der Waals surface area contributed by atoms with Crippen LogP contribution in [-0.2, 0) is 17.8 Å². The number of nitrogens with zero attached hydrogens (tertiary/aromatic N) is 3. The largest absolute Gasteiger partial charge is 0.357 e. The van der Waals surface area contributed by atoms with Crippen molar-refractivity contribution in [2.24, 2.45) is 0 Å². The van der Waals surface area contributed by atoms with Gasteiger partial charge in [-0.2, -0.15) is 0 Å². The van der Waals surface area contributed by atoms with E-state index in [2.05, 4.69) is 45.5 Å². The van der Waals surface area contributed by atoms with Crippen LogP contribution in [0.2, 0.25) is 0 Å². The molecular weight excluding hydrogens is 448 g/mol. The van der Waals surface area contributed by atoms with Gasteiger partial charge in [-0.1, -0.05) is 42.5 Å². The predicted molar refractivity (Wildman–Crippen MR) is 137 cm³/mol. The van der Waals surface area contributed by atoms with Gasteiger partial charge in [-0.3, -0.25) is 4.79 Å². The van der Waals surface area contributed by atoms with E-state index in [0.29, 0.717) is 13.0 Å². The molecule has 168 valence electrons. The van der Waals surface area contributed by atoms with Gasteiger partial charge in [0.1, 0.15) is 10.8 Å². The lowest BCUT2D eigenvalue weighted by atomic mass is 10.1. The molecular formula is C26H26N4OS2. The van der Waals surface area contributed by atoms with E-state index < -0.39 is 0 Å². The van der Waals surface area contributed by atoms with Gasteiger partial charge in [0.15, 0.2) is 0 Å². The topological polar surface area (TPSA) is 58.1 Å². The van der Waals surface area contributed by atoms with Gasteiger partial charge in [0, 0.05) is 36.3 Å². The zero-order chi connectivity index (χ0) is 22.5. The van der Waals surface area contributed by atoms with Crippen molar-refractivity contribution in [3.05, 3.63) is 76.6 Å². The second kappa shape index (κ2) is 10.3. The van der Waals surface area contributed by atoms with Crippen LogP contribution < -0.4 is 10.2 Å². The first kappa shape index (κ1) is 21.8. The van der Waals surface area contributed by atoms with Crippen LogP contribution in [0.1, 0.15) is 29.7 Å². The maximum absolute atomic E-state index is 12.8. The van der Waals surface area contributed by atoms with Gasteiger partial charge in [-0.05, 0) is 42.3 Å². The normalized spacial score (nSPS) is 13.8. The number of aromatic nitrogens is 2. The second-order valence-corrected chi connectivity index (χ2v) is 10.2. The van der Waals surface area contributed by atoms with Gasteiger partial charge in [-0.25, -0.2) is 9.97 Å². The zero-order valence-corrected chi connectivity index (χ0v) is 20.0. The molecule has 4 aromatic rings. The number of benzene rings is 1. The fourth-order valence-corrected chi connectivity index (χ4v) is 5.91. The molecule has 1 aliphatic heterocycles. The fourth-order valence-electron chi connectivity index (χ4n) is 4.02. The number of thiazole rings is 1. The lowest BCUT2D eigenvalue weighted by Gasteiger charge is -2.27. The minimum absolute atomic E-state index is 0.00354. The third-order valence-electron chi connectivity index (χ3n) is 5.77. The molecule has 33 heavy (non-hydrogen) atoms. The Hall–Kier alpha value is -3.03. The minimum atomic E-state index is -0.00354. The molecule has 0 unspecified atom stereocenters. The number of amides is 1. The monoisotopic (exact) mass is 474 g/mol. The number of carbonyl (C=O) groups excluding carboxylic acids is 1. The van der Waals surface area contributed by atoms with Crippen LogP contribution in [0.4, 0.5) is 5.82 Å². The summed E-state index contributed by atoms with van der Waals surface area (Å²) in [6.07, 6.45) is 5.97.